The molecule has 0 amide bonds. The van der Waals surface area contributed by atoms with Crippen LogP contribution in [0.1, 0.15) is 12.1 Å². The fourth-order valence-electron chi connectivity index (χ4n) is 3.68. The highest BCUT2D eigenvalue weighted by Gasteiger charge is 2.19. The number of pyridine rings is 1. The molecule has 33 heavy (non-hydrogen) atoms. The van der Waals surface area contributed by atoms with Crippen molar-refractivity contribution in [3.8, 4) is 0 Å². The van der Waals surface area contributed by atoms with Crippen LogP contribution in [-0.2, 0) is 20.9 Å². The maximum Gasteiger partial charge on any atom is 0.317 e. The van der Waals surface area contributed by atoms with Gasteiger partial charge in [0.2, 0.25) is 0 Å². The van der Waals surface area contributed by atoms with Gasteiger partial charge >= 0.3 is 17.9 Å². The van der Waals surface area contributed by atoms with Gasteiger partial charge in [-0.3, -0.25) is 29.1 Å². The third-order valence-electron chi connectivity index (χ3n) is 5.45. The van der Waals surface area contributed by atoms with E-state index < -0.39 is 17.9 Å². The number of aromatic nitrogens is 1. The quantitative estimate of drug-likeness (QED) is 0.378. The first-order chi connectivity index (χ1) is 15.7. The maximum atomic E-state index is 11.4. The number of carboxylic acid groups (broad SMARTS) is 3. The molecule has 1 aromatic rings. The van der Waals surface area contributed by atoms with Gasteiger partial charge in [-0.1, -0.05) is 6.07 Å². The Balaban J connectivity index is 2.15. The molecule has 184 valence electrons. The minimum absolute atomic E-state index is 0.0225. The van der Waals surface area contributed by atoms with Gasteiger partial charge in [0.05, 0.1) is 25.2 Å². The summed E-state index contributed by atoms with van der Waals surface area (Å²) in [6.07, 6.45) is -0.0225. The number of nitrogens with zero attached hydrogens (tertiary/aromatic N) is 5. The van der Waals surface area contributed by atoms with E-state index in [9.17, 15) is 24.6 Å². The van der Waals surface area contributed by atoms with Crippen molar-refractivity contribution in [3.05, 3.63) is 28.5 Å². The summed E-state index contributed by atoms with van der Waals surface area (Å²) in [5, 5.41) is 27.7. The van der Waals surface area contributed by atoms with E-state index >= 15 is 0 Å². The van der Waals surface area contributed by atoms with Crippen molar-refractivity contribution in [3.63, 3.8) is 0 Å². The minimum Gasteiger partial charge on any atom is -0.481 e. The highest BCUT2D eigenvalue weighted by Crippen LogP contribution is 2.10. The highest BCUT2D eigenvalue weighted by atomic mass is 79.9. The summed E-state index contributed by atoms with van der Waals surface area (Å²) >= 11 is 3.38. The lowest BCUT2D eigenvalue weighted by molar-refractivity contribution is -0.139. The summed E-state index contributed by atoms with van der Waals surface area (Å²) in [6, 6.07) is 5.67. The van der Waals surface area contributed by atoms with Crippen molar-refractivity contribution in [1.82, 2.24) is 24.6 Å². The molecule has 0 aliphatic carbocycles. The van der Waals surface area contributed by atoms with Crippen LogP contribution in [0.4, 0.5) is 0 Å². The van der Waals surface area contributed by atoms with E-state index in [1.807, 2.05) is 32.9 Å². The monoisotopic (exact) mass is 529 g/mol. The summed E-state index contributed by atoms with van der Waals surface area (Å²) in [4.78, 5) is 46.1. The molecule has 0 spiro atoms. The lowest BCUT2D eigenvalue weighted by atomic mass is 10.3. The molecule has 0 bridgehead atoms. The van der Waals surface area contributed by atoms with Crippen LogP contribution in [0, 0.1) is 0 Å². The van der Waals surface area contributed by atoms with Gasteiger partial charge in [-0.2, -0.15) is 0 Å². The Bertz CT molecular complexity index is 766. The number of halogens is 1. The van der Waals surface area contributed by atoms with Crippen LogP contribution in [-0.4, -0.2) is 130 Å². The van der Waals surface area contributed by atoms with Gasteiger partial charge in [0, 0.05) is 65.4 Å². The molecule has 0 saturated carbocycles. The maximum absolute atomic E-state index is 11.4. The first-order valence-corrected chi connectivity index (χ1v) is 11.7. The Morgan fingerprint density at radius 1 is 0.758 bits per heavy atom. The molecular formula is C21H32BrN5O6. The third kappa shape index (κ3) is 11.5. The number of aliphatic carboxylic acids is 3. The molecule has 1 aliphatic rings. The Labute approximate surface area is 201 Å². The summed E-state index contributed by atoms with van der Waals surface area (Å²) < 4.78 is 0.732. The predicted octanol–water partition coefficient (Wildman–Crippen LogP) is 0.210. The predicted molar refractivity (Wildman–Crippen MR) is 124 cm³/mol. The first kappa shape index (κ1) is 27.1. The number of carbonyl (C=O) groups is 3. The molecule has 0 unspecified atom stereocenters. The number of hydrogen-bond acceptors (Lipinski definition) is 8. The van der Waals surface area contributed by atoms with Crippen molar-refractivity contribution in [1.29, 1.82) is 0 Å². The summed E-state index contributed by atoms with van der Waals surface area (Å²) in [5.74, 6) is -2.72. The SMILES string of the molecule is O=C(O)CCN1CCN(CC(=O)O)CCN(Cc2cccc(Br)n2)CCN(CC(=O)O)CC1. The number of carboxylic acids is 3. The Morgan fingerprint density at radius 2 is 1.24 bits per heavy atom. The smallest absolute Gasteiger partial charge is 0.317 e. The zero-order chi connectivity index (χ0) is 24.2. The summed E-state index contributed by atoms with van der Waals surface area (Å²) in [6.45, 7) is 4.91. The van der Waals surface area contributed by atoms with Crippen LogP contribution in [0.5, 0.6) is 0 Å². The van der Waals surface area contributed by atoms with Gasteiger partial charge in [0.25, 0.3) is 0 Å². The molecule has 1 saturated heterocycles. The van der Waals surface area contributed by atoms with E-state index in [0.717, 1.165) is 10.3 Å². The van der Waals surface area contributed by atoms with E-state index in [1.54, 1.807) is 0 Å². The van der Waals surface area contributed by atoms with Crippen LogP contribution < -0.4 is 0 Å². The molecule has 1 aliphatic heterocycles. The van der Waals surface area contributed by atoms with Crippen molar-refractivity contribution >= 4 is 33.8 Å². The van der Waals surface area contributed by atoms with E-state index in [4.69, 9.17) is 5.11 Å². The first-order valence-electron chi connectivity index (χ1n) is 10.9. The van der Waals surface area contributed by atoms with Crippen LogP contribution in [0.3, 0.4) is 0 Å². The molecule has 3 N–H and O–H groups in total. The molecule has 0 radical (unpaired) electrons. The van der Waals surface area contributed by atoms with Crippen molar-refractivity contribution in [2.24, 2.45) is 0 Å². The van der Waals surface area contributed by atoms with Gasteiger partial charge in [-0.05, 0) is 28.1 Å². The van der Waals surface area contributed by atoms with Crippen LogP contribution >= 0.6 is 15.9 Å². The average Bonchev–Trinajstić information content (AvgIpc) is 2.72. The van der Waals surface area contributed by atoms with Gasteiger partial charge in [-0.25, -0.2) is 4.98 Å². The molecule has 0 atom stereocenters. The highest BCUT2D eigenvalue weighted by molar-refractivity contribution is 9.10. The number of hydrogen-bond donors (Lipinski definition) is 3. The minimum atomic E-state index is -0.910. The fraction of sp³-hybridized carbons (Fsp3) is 0.619. The average molecular weight is 530 g/mol. The van der Waals surface area contributed by atoms with Crippen molar-refractivity contribution in [2.45, 2.75) is 13.0 Å². The van der Waals surface area contributed by atoms with Crippen LogP contribution in [0.25, 0.3) is 0 Å². The zero-order valence-corrected chi connectivity index (χ0v) is 20.2. The molecule has 2 rings (SSSR count). The molecular weight excluding hydrogens is 498 g/mol. The van der Waals surface area contributed by atoms with Gasteiger partial charge in [-0.15, -0.1) is 0 Å². The van der Waals surface area contributed by atoms with Gasteiger partial charge in [0.1, 0.15) is 4.60 Å². The largest absolute Gasteiger partial charge is 0.481 e. The standard InChI is InChI=1S/C21H32BrN5O6/c22-18-3-1-2-17(23-18)14-25-10-12-26(15-20(30)31)8-6-24(5-4-19(28)29)7-9-27(13-11-25)16-21(32)33/h1-3H,4-16H2,(H,28,29)(H,30,31)(H,32,33). The van der Waals surface area contributed by atoms with Crippen molar-refractivity contribution < 1.29 is 29.7 Å². The van der Waals surface area contributed by atoms with Gasteiger partial charge in [0.15, 0.2) is 0 Å². The summed E-state index contributed by atoms with van der Waals surface area (Å²) in [7, 11) is 0. The Kier molecular flexibility index (Phi) is 11.7. The molecule has 11 nitrogen and oxygen atoms in total. The lowest BCUT2D eigenvalue weighted by Gasteiger charge is -2.33. The van der Waals surface area contributed by atoms with Crippen LogP contribution in [0.15, 0.2) is 22.8 Å². The molecule has 1 fully saturated rings. The Hall–Kier alpha value is -2.12. The third-order valence-corrected chi connectivity index (χ3v) is 5.89. The zero-order valence-electron chi connectivity index (χ0n) is 18.6. The normalized spacial score (nSPS) is 18.3. The lowest BCUT2D eigenvalue weighted by Crippen LogP contribution is -2.47. The topological polar surface area (TPSA) is 138 Å². The van der Waals surface area contributed by atoms with E-state index in [-0.39, 0.29) is 19.5 Å². The van der Waals surface area contributed by atoms with E-state index in [2.05, 4.69) is 25.8 Å². The second-order valence-corrected chi connectivity index (χ2v) is 8.87. The second kappa shape index (κ2) is 14.2. The second-order valence-electron chi connectivity index (χ2n) is 8.05. The molecule has 2 heterocycles. The molecule has 12 heteroatoms. The van der Waals surface area contributed by atoms with Crippen LogP contribution in [0.2, 0.25) is 0 Å². The van der Waals surface area contributed by atoms with Crippen molar-refractivity contribution in [2.75, 3.05) is 72.0 Å². The molecule has 0 aromatic carbocycles. The molecule has 1 aromatic heterocycles. The van der Waals surface area contributed by atoms with Gasteiger partial charge < -0.3 is 20.2 Å². The van der Waals surface area contributed by atoms with E-state index in [1.165, 1.54) is 0 Å². The fourth-order valence-corrected chi connectivity index (χ4v) is 4.06. The number of rotatable bonds is 9. The Morgan fingerprint density at radius 3 is 1.70 bits per heavy atom. The summed E-state index contributed by atoms with van der Waals surface area (Å²) in [5.41, 5.74) is 0.867. The van der Waals surface area contributed by atoms with E-state index in [0.29, 0.717) is 65.4 Å².